The number of carbonyl (C=O) groups excluding carboxylic acids is 1. The average molecular weight is 535 g/mol. The topological polar surface area (TPSA) is 107 Å². The zero-order valence-electron chi connectivity index (χ0n) is 19.3. The minimum absolute atomic E-state index is 0.00775. The summed E-state index contributed by atoms with van der Waals surface area (Å²) in [5.74, 6) is 0.00775. The van der Waals surface area contributed by atoms with E-state index in [-0.39, 0.29) is 15.7 Å². The van der Waals surface area contributed by atoms with E-state index in [2.05, 4.69) is 4.72 Å². The van der Waals surface area contributed by atoms with Gasteiger partial charge in [0, 0.05) is 40.3 Å². The second-order valence-electron chi connectivity index (χ2n) is 8.14. The van der Waals surface area contributed by atoms with Gasteiger partial charge in [-0.05, 0) is 47.8 Å². The van der Waals surface area contributed by atoms with E-state index in [1.165, 1.54) is 49.7 Å². The van der Waals surface area contributed by atoms with Crippen LogP contribution in [0.1, 0.15) is 9.67 Å². The smallest absolute Gasteiger partial charge is 0.264 e. The molecule has 9 nitrogen and oxygen atoms in total. The van der Waals surface area contributed by atoms with Crippen LogP contribution in [0.15, 0.2) is 75.8 Å². The predicted octanol–water partition coefficient (Wildman–Crippen LogP) is 2.76. The van der Waals surface area contributed by atoms with Crippen LogP contribution < -0.4 is 9.62 Å². The van der Waals surface area contributed by atoms with Gasteiger partial charge in [-0.15, -0.1) is 11.3 Å². The molecule has 0 unspecified atom stereocenters. The van der Waals surface area contributed by atoms with Gasteiger partial charge in [0.15, 0.2) is 0 Å². The minimum Gasteiger partial charge on any atom is -0.366 e. The van der Waals surface area contributed by atoms with Gasteiger partial charge in [0.1, 0.15) is 0 Å². The Morgan fingerprint density at radius 3 is 2.09 bits per heavy atom. The summed E-state index contributed by atoms with van der Waals surface area (Å²) in [6.07, 6.45) is 0. The van der Waals surface area contributed by atoms with Crippen LogP contribution in [0.2, 0.25) is 0 Å². The molecule has 2 heterocycles. The Kier molecular flexibility index (Phi) is 7.17. The van der Waals surface area contributed by atoms with E-state index in [4.69, 9.17) is 0 Å². The molecule has 186 valence electrons. The zero-order chi connectivity index (χ0) is 25.2. The first-order valence-electron chi connectivity index (χ1n) is 10.8. The molecule has 1 N–H and O–H groups in total. The monoisotopic (exact) mass is 534 g/mol. The molecule has 0 bridgehead atoms. The van der Waals surface area contributed by atoms with E-state index in [0.717, 1.165) is 4.31 Å². The van der Waals surface area contributed by atoms with Gasteiger partial charge in [0.05, 0.1) is 26.0 Å². The van der Waals surface area contributed by atoms with Crippen LogP contribution >= 0.6 is 11.3 Å². The number of anilines is 2. The van der Waals surface area contributed by atoms with Crippen molar-refractivity contribution < 1.29 is 21.6 Å². The van der Waals surface area contributed by atoms with Crippen LogP contribution in [0.5, 0.6) is 0 Å². The lowest BCUT2D eigenvalue weighted by Gasteiger charge is -2.36. The number of benzene rings is 2. The number of carbonyl (C=O) groups is 1. The van der Waals surface area contributed by atoms with Gasteiger partial charge in [0.25, 0.3) is 15.9 Å². The van der Waals surface area contributed by atoms with Crippen molar-refractivity contribution in [2.24, 2.45) is 0 Å². The third kappa shape index (κ3) is 5.35. The highest BCUT2D eigenvalue weighted by Gasteiger charge is 2.25. The molecular formula is C23H26N4O5S3. The zero-order valence-corrected chi connectivity index (χ0v) is 21.7. The van der Waals surface area contributed by atoms with Crippen LogP contribution in [0, 0.1) is 0 Å². The molecule has 0 atom stereocenters. The molecule has 1 amide bonds. The van der Waals surface area contributed by atoms with E-state index in [1.54, 1.807) is 17.0 Å². The highest BCUT2D eigenvalue weighted by molar-refractivity contribution is 7.92. The molecule has 2 aromatic carbocycles. The van der Waals surface area contributed by atoms with Crippen molar-refractivity contribution in [1.29, 1.82) is 0 Å². The van der Waals surface area contributed by atoms with Crippen LogP contribution in [-0.2, 0) is 20.0 Å². The van der Waals surface area contributed by atoms with Crippen molar-refractivity contribution in [3.8, 4) is 0 Å². The Bertz CT molecular complexity index is 1400. The first-order chi connectivity index (χ1) is 16.6. The molecule has 0 spiro atoms. The number of nitrogens with one attached hydrogen (secondary N) is 1. The summed E-state index contributed by atoms with van der Waals surface area (Å²) in [6.45, 7) is 2.18. The minimum atomic E-state index is -3.96. The third-order valence-corrected chi connectivity index (χ3v) is 9.77. The Balaban J connectivity index is 1.49. The van der Waals surface area contributed by atoms with Gasteiger partial charge in [0.2, 0.25) is 10.0 Å². The summed E-state index contributed by atoms with van der Waals surface area (Å²) in [7, 11) is -4.79. The molecule has 1 fully saturated rings. The summed E-state index contributed by atoms with van der Waals surface area (Å²) >= 11 is 1.41. The fraction of sp³-hybridized carbons (Fsp3) is 0.261. The summed E-state index contributed by atoms with van der Waals surface area (Å²) in [5.41, 5.74) is 1.13. The summed E-state index contributed by atoms with van der Waals surface area (Å²) in [5, 5.41) is 1.88. The van der Waals surface area contributed by atoms with Crippen molar-refractivity contribution in [1.82, 2.24) is 9.21 Å². The van der Waals surface area contributed by atoms with Gasteiger partial charge < -0.3 is 9.80 Å². The fourth-order valence-corrected chi connectivity index (χ4v) is 6.41. The first-order valence-corrected chi connectivity index (χ1v) is 14.6. The second kappa shape index (κ2) is 9.97. The number of nitrogens with zero attached hydrogens (tertiary/aromatic N) is 3. The molecule has 12 heteroatoms. The fourth-order valence-electron chi connectivity index (χ4n) is 3.75. The van der Waals surface area contributed by atoms with E-state index >= 15 is 0 Å². The SMILES string of the molecule is CN(C)S(=O)(=O)c1ccc(S(=O)(=O)Nc2ccccc2N2CCN(C(=O)c3cccs3)CC2)cc1. The van der Waals surface area contributed by atoms with Gasteiger partial charge in [-0.25, -0.2) is 21.1 Å². The third-order valence-electron chi connectivity index (χ3n) is 5.70. The van der Waals surface area contributed by atoms with Gasteiger partial charge in [-0.2, -0.15) is 0 Å². The predicted molar refractivity (Wildman–Crippen MR) is 137 cm³/mol. The lowest BCUT2D eigenvalue weighted by atomic mass is 10.2. The highest BCUT2D eigenvalue weighted by Crippen LogP contribution is 2.29. The normalized spacial score (nSPS) is 14.8. The highest BCUT2D eigenvalue weighted by atomic mass is 32.2. The van der Waals surface area contributed by atoms with Crippen molar-refractivity contribution in [2.75, 3.05) is 49.9 Å². The Labute approximate surface area is 209 Å². The first kappa shape index (κ1) is 25.2. The maximum atomic E-state index is 13.1. The molecule has 1 aromatic heterocycles. The molecule has 0 saturated carbocycles. The maximum Gasteiger partial charge on any atom is 0.264 e. The number of hydrogen-bond donors (Lipinski definition) is 1. The van der Waals surface area contributed by atoms with E-state index < -0.39 is 20.0 Å². The Morgan fingerprint density at radius 1 is 0.857 bits per heavy atom. The van der Waals surface area contributed by atoms with Crippen LogP contribution in [0.4, 0.5) is 11.4 Å². The van der Waals surface area contributed by atoms with E-state index in [9.17, 15) is 21.6 Å². The quantitative estimate of drug-likeness (QED) is 0.500. The van der Waals surface area contributed by atoms with Gasteiger partial charge >= 0.3 is 0 Å². The van der Waals surface area contributed by atoms with E-state index in [0.29, 0.717) is 42.4 Å². The second-order valence-corrected chi connectivity index (χ2v) is 12.9. The molecule has 35 heavy (non-hydrogen) atoms. The number of piperazine rings is 1. The molecular weight excluding hydrogens is 508 g/mol. The standard InChI is InChI=1S/C23H26N4O5S3/c1-25(2)35(31,32)19-11-9-18(10-12-19)34(29,30)24-20-6-3-4-7-21(20)26-13-15-27(16-14-26)23(28)22-8-5-17-33-22/h3-12,17,24H,13-16H2,1-2H3. The van der Waals surface area contributed by atoms with Crippen LogP contribution in [0.3, 0.4) is 0 Å². The molecule has 4 rings (SSSR count). The Morgan fingerprint density at radius 2 is 1.49 bits per heavy atom. The molecule has 3 aromatic rings. The molecule has 1 aliphatic rings. The molecule has 1 aliphatic heterocycles. The lowest BCUT2D eigenvalue weighted by Crippen LogP contribution is -2.48. The molecule has 0 aliphatic carbocycles. The van der Waals surface area contributed by atoms with E-state index in [1.807, 2.05) is 34.5 Å². The van der Waals surface area contributed by atoms with Crippen molar-refractivity contribution >= 4 is 48.7 Å². The van der Waals surface area contributed by atoms with Crippen molar-refractivity contribution in [2.45, 2.75) is 9.79 Å². The summed E-state index contributed by atoms with van der Waals surface area (Å²) in [6, 6.07) is 15.9. The Hall–Kier alpha value is -2.93. The largest absolute Gasteiger partial charge is 0.366 e. The van der Waals surface area contributed by atoms with Crippen LogP contribution in [0.25, 0.3) is 0 Å². The number of hydrogen-bond acceptors (Lipinski definition) is 7. The molecule has 1 saturated heterocycles. The lowest BCUT2D eigenvalue weighted by molar-refractivity contribution is 0.0751. The summed E-state index contributed by atoms with van der Waals surface area (Å²) in [4.78, 5) is 17.1. The maximum absolute atomic E-state index is 13.1. The number of para-hydroxylation sites is 2. The number of amides is 1. The number of rotatable bonds is 7. The summed E-state index contributed by atoms with van der Waals surface area (Å²) < 4.78 is 54.4. The van der Waals surface area contributed by atoms with Crippen molar-refractivity contribution in [3.63, 3.8) is 0 Å². The average Bonchev–Trinajstić information content (AvgIpc) is 3.39. The van der Waals surface area contributed by atoms with Crippen molar-refractivity contribution in [3.05, 3.63) is 70.9 Å². The van der Waals surface area contributed by atoms with Gasteiger partial charge in [-0.3, -0.25) is 9.52 Å². The number of thiophene rings is 1. The number of sulfonamides is 2. The van der Waals surface area contributed by atoms with Gasteiger partial charge in [-0.1, -0.05) is 18.2 Å². The molecule has 0 radical (unpaired) electrons. The van der Waals surface area contributed by atoms with Crippen LogP contribution in [-0.4, -0.2) is 72.2 Å².